The fraction of sp³-hybridized carbons (Fsp3) is 0.538. The van der Waals surface area contributed by atoms with Crippen molar-refractivity contribution in [2.75, 3.05) is 20.3 Å². The predicted molar refractivity (Wildman–Crippen MR) is 79.8 cm³/mol. The normalized spacial score (nSPS) is 11.6. The number of benzene rings is 1. The molecule has 0 fully saturated rings. The maximum Gasteiger partial charge on any atom is 0.179 e. The van der Waals surface area contributed by atoms with E-state index >= 15 is 0 Å². The first-order valence-electron chi connectivity index (χ1n) is 5.96. The summed E-state index contributed by atoms with van der Waals surface area (Å²) in [6.07, 6.45) is -0.370. The van der Waals surface area contributed by atoms with E-state index in [9.17, 15) is 5.11 Å². The minimum Gasteiger partial charge on any atom is -0.491 e. The van der Waals surface area contributed by atoms with E-state index in [1.807, 2.05) is 19.1 Å². The second-order valence-corrected chi connectivity index (χ2v) is 4.43. The van der Waals surface area contributed by atoms with E-state index in [1.54, 1.807) is 14.0 Å². The maximum absolute atomic E-state index is 9.17. The number of ether oxygens (including phenoxy) is 2. The third-order valence-corrected chi connectivity index (χ3v) is 2.62. The highest BCUT2D eigenvalue weighted by molar-refractivity contribution is 6.32. The summed E-state index contributed by atoms with van der Waals surface area (Å²) in [5, 5.41) is 12.8. The molecular weight excluding hydrogens is 289 g/mol. The van der Waals surface area contributed by atoms with Gasteiger partial charge in [0.2, 0.25) is 0 Å². The Balaban J connectivity index is 0.00000324. The summed E-state index contributed by atoms with van der Waals surface area (Å²) in [7, 11) is 1.56. The Hall–Kier alpha value is -0.680. The average Bonchev–Trinajstić information content (AvgIpc) is 2.28. The summed E-state index contributed by atoms with van der Waals surface area (Å²) in [5.74, 6) is 1.19. The van der Waals surface area contributed by atoms with Crippen LogP contribution in [0.2, 0.25) is 5.02 Å². The molecule has 6 heteroatoms. The molecule has 0 amide bonds. The molecule has 4 nitrogen and oxygen atoms in total. The molecule has 110 valence electrons. The van der Waals surface area contributed by atoms with Gasteiger partial charge in [0, 0.05) is 13.1 Å². The van der Waals surface area contributed by atoms with Crippen molar-refractivity contribution in [3.8, 4) is 11.5 Å². The predicted octanol–water partition coefficient (Wildman–Crippen LogP) is 2.64. The van der Waals surface area contributed by atoms with Crippen LogP contribution in [0, 0.1) is 0 Å². The zero-order valence-corrected chi connectivity index (χ0v) is 13.0. The van der Waals surface area contributed by atoms with Crippen LogP contribution in [0.1, 0.15) is 19.4 Å². The lowest BCUT2D eigenvalue weighted by Gasteiger charge is -2.14. The standard InChI is InChI=1S/C13H20ClNO3.ClH/c1-4-18-12-6-10(8-15-7-9(2)16)5-11(14)13(12)17-3;/h5-6,9,15-16H,4,7-8H2,1-3H3;1H. The van der Waals surface area contributed by atoms with Crippen LogP contribution in [0.15, 0.2) is 12.1 Å². The van der Waals surface area contributed by atoms with E-state index in [2.05, 4.69) is 5.32 Å². The van der Waals surface area contributed by atoms with E-state index in [1.165, 1.54) is 0 Å². The fourth-order valence-electron chi connectivity index (χ4n) is 1.61. The van der Waals surface area contributed by atoms with Crippen LogP contribution in [0.3, 0.4) is 0 Å². The van der Waals surface area contributed by atoms with Gasteiger partial charge in [-0.05, 0) is 31.5 Å². The molecule has 0 aliphatic carbocycles. The summed E-state index contributed by atoms with van der Waals surface area (Å²) in [6.45, 7) is 5.35. The Morgan fingerprint density at radius 2 is 2.11 bits per heavy atom. The lowest BCUT2D eigenvalue weighted by atomic mass is 10.2. The molecule has 1 aromatic rings. The van der Waals surface area contributed by atoms with E-state index in [4.69, 9.17) is 21.1 Å². The van der Waals surface area contributed by atoms with Crippen molar-refractivity contribution >= 4 is 24.0 Å². The smallest absolute Gasteiger partial charge is 0.179 e. The van der Waals surface area contributed by atoms with E-state index in [-0.39, 0.29) is 18.5 Å². The Morgan fingerprint density at radius 3 is 2.63 bits per heavy atom. The molecule has 1 aromatic carbocycles. The van der Waals surface area contributed by atoms with E-state index < -0.39 is 0 Å². The molecule has 0 bridgehead atoms. The minimum absolute atomic E-state index is 0. The highest BCUT2D eigenvalue weighted by atomic mass is 35.5. The van der Waals surface area contributed by atoms with Gasteiger partial charge in [-0.25, -0.2) is 0 Å². The van der Waals surface area contributed by atoms with Gasteiger partial charge in [-0.15, -0.1) is 12.4 Å². The van der Waals surface area contributed by atoms with Crippen molar-refractivity contribution in [3.63, 3.8) is 0 Å². The Morgan fingerprint density at radius 1 is 1.42 bits per heavy atom. The number of hydrogen-bond acceptors (Lipinski definition) is 4. The number of methoxy groups -OCH3 is 1. The molecule has 0 aliphatic rings. The molecule has 1 rings (SSSR count). The van der Waals surface area contributed by atoms with Crippen molar-refractivity contribution < 1.29 is 14.6 Å². The molecule has 0 aromatic heterocycles. The van der Waals surface area contributed by atoms with Crippen molar-refractivity contribution in [2.45, 2.75) is 26.5 Å². The van der Waals surface area contributed by atoms with Gasteiger partial charge in [0.1, 0.15) is 0 Å². The molecule has 0 radical (unpaired) electrons. The number of rotatable bonds is 7. The van der Waals surface area contributed by atoms with Gasteiger partial charge in [-0.1, -0.05) is 11.6 Å². The van der Waals surface area contributed by atoms with Crippen LogP contribution in [0.5, 0.6) is 11.5 Å². The molecule has 0 saturated carbocycles. The number of aliphatic hydroxyl groups is 1. The van der Waals surface area contributed by atoms with Gasteiger partial charge >= 0.3 is 0 Å². The third-order valence-electron chi connectivity index (χ3n) is 2.34. The summed E-state index contributed by atoms with van der Waals surface area (Å²) in [5.41, 5.74) is 0.991. The van der Waals surface area contributed by atoms with Gasteiger partial charge in [0.25, 0.3) is 0 Å². The molecular formula is C13H21Cl2NO3. The first-order chi connectivity index (χ1) is 8.58. The van der Waals surface area contributed by atoms with Gasteiger partial charge in [0.05, 0.1) is 24.8 Å². The summed E-state index contributed by atoms with van der Waals surface area (Å²) < 4.78 is 10.7. The van der Waals surface area contributed by atoms with Gasteiger partial charge in [-0.2, -0.15) is 0 Å². The van der Waals surface area contributed by atoms with Crippen LogP contribution >= 0.6 is 24.0 Å². The van der Waals surface area contributed by atoms with Crippen molar-refractivity contribution in [3.05, 3.63) is 22.7 Å². The largest absolute Gasteiger partial charge is 0.491 e. The first kappa shape index (κ1) is 18.3. The Labute approximate surface area is 125 Å². The van der Waals surface area contributed by atoms with E-state index in [0.717, 1.165) is 5.56 Å². The van der Waals surface area contributed by atoms with Crippen LogP contribution in [-0.4, -0.2) is 31.5 Å². The lowest BCUT2D eigenvalue weighted by molar-refractivity contribution is 0.191. The fourth-order valence-corrected chi connectivity index (χ4v) is 1.92. The Kier molecular flexibility index (Phi) is 8.93. The van der Waals surface area contributed by atoms with Crippen LogP contribution in [0.4, 0.5) is 0 Å². The zero-order chi connectivity index (χ0) is 13.5. The number of halogens is 2. The monoisotopic (exact) mass is 309 g/mol. The highest BCUT2D eigenvalue weighted by Crippen LogP contribution is 2.36. The van der Waals surface area contributed by atoms with Crippen molar-refractivity contribution in [1.29, 1.82) is 0 Å². The number of aliphatic hydroxyl groups excluding tert-OH is 1. The van der Waals surface area contributed by atoms with E-state index in [0.29, 0.717) is 36.2 Å². The molecule has 19 heavy (non-hydrogen) atoms. The van der Waals surface area contributed by atoms with Gasteiger partial charge in [-0.3, -0.25) is 0 Å². The van der Waals surface area contributed by atoms with Gasteiger partial charge in [0.15, 0.2) is 11.5 Å². The zero-order valence-electron chi connectivity index (χ0n) is 11.4. The second kappa shape index (κ2) is 9.26. The van der Waals surface area contributed by atoms with Crippen molar-refractivity contribution in [2.24, 2.45) is 0 Å². The minimum atomic E-state index is -0.370. The molecule has 0 spiro atoms. The summed E-state index contributed by atoms with van der Waals surface area (Å²) in [6, 6.07) is 3.72. The number of hydrogen-bond donors (Lipinski definition) is 2. The van der Waals surface area contributed by atoms with Crippen molar-refractivity contribution in [1.82, 2.24) is 5.32 Å². The molecule has 1 atom stereocenters. The SMILES string of the molecule is CCOc1cc(CNCC(C)O)cc(Cl)c1OC.Cl. The van der Waals surface area contributed by atoms with Crippen LogP contribution < -0.4 is 14.8 Å². The third kappa shape index (κ3) is 5.87. The number of nitrogens with one attached hydrogen (secondary N) is 1. The maximum atomic E-state index is 9.17. The summed E-state index contributed by atoms with van der Waals surface area (Å²) >= 11 is 6.13. The van der Waals surface area contributed by atoms with Gasteiger partial charge < -0.3 is 19.9 Å². The molecule has 0 saturated heterocycles. The molecule has 0 aliphatic heterocycles. The molecule has 1 unspecified atom stereocenters. The Bertz CT molecular complexity index is 386. The second-order valence-electron chi connectivity index (χ2n) is 4.02. The lowest BCUT2D eigenvalue weighted by Crippen LogP contribution is -2.23. The highest BCUT2D eigenvalue weighted by Gasteiger charge is 2.11. The van der Waals surface area contributed by atoms with Crippen LogP contribution in [-0.2, 0) is 6.54 Å². The molecule has 0 heterocycles. The summed E-state index contributed by atoms with van der Waals surface area (Å²) in [4.78, 5) is 0. The van der Waals surface area contributed by atoms with Crippen LogP contribution in [0.25, 0.3) is 0 Å². The first-order valence-corrected chi connectivity index (χ1v) is 6.34. The average molecular weight is 310 g/mol. The molecule has 2 N–H and O–H groups in total. The quantitative estimate of drug-likeness (QED) is 0.813. The topological polar surface area (TPSA) is 50.7 Å².